The Morgan fingerprint density at radius 2 is 1.00 bits per heavy atom. The summed E-state index contributed by atoms with van der Waals surface area (Å²) in [6.07, 6.45) is 0. The smallest absolute Gasteiger partial charge is 0.219 e. The number of amides is 2. The number of anilines is 2. The fourth-order valence-corrected chi connectivity index (χ4v) is 3.87. The lowest BCUT2D eigenvalue weighted by Crippen LogP contribution is -2.48. The van der Waals surface area contributed by atoms with E-state index in [1.165, 1.54) is 12.1 Å². The normalized spacial score (nSPS) is 16.3. The summed E-state index contributed by atoms with van der Waals surface area (Å²) in [4.78, 5) is 30.4. The van der Waals surface area contributed by atoms with Crippen LogP contribution in [0, 0.1) is 5.82 Å². The minimum Gasteiger partial charge on any atom is -0.508 e. The molecule has 2 aliphatic rings. The number of carbonyl (C=O) groups is 2. The van der Waals surface area contributed by atoms with Gasteiger partial charge >= 0.3 is 0 Å². The molecule has 0 bridgehead atoms. The highest BCUT2D eigenvalue weighted by atomic mass is 18.2. The average Bonchev–Trinajstić information content (AvgIpc) is 2.81. The molecule has 0 aromatic heterocycles. The molecule has 2 heterocycles. The molecule has 0 atom stereocenters. The summed E-state index contributed by atoms with van der Waals surface area (Å²) in [6.45, 7) is 9.56. The first kappa shape index (κ1) is 23.4. The van der Waals surface area contributed by atoms with Crippen LogP contribution in [0.4, 0.5) is 15.8 Å². The van der Waals surface area contributed by atoms with Crippen LogP contribution in [-0.2, 0) is 9.59 Å². The maximum atomic E-state index is 12.8. The number of carbonyl (C=O) groups excluding carboxylic acids is 2. The Balaban J connectivity index is 0.000000181. The molecule has 0 aliphatic carbocycles. The molecule has 2 aliphatic heterocycles. The fraction of sp³-hybridized carbons (Fsp3) is 0.417. The molecule has 32 heavy (non-hydrogen) atoms. The van der Waals surface area contributed by atoms with E-state index >= 15 is 0 Å². The summed E-state index contributed by atoms with van der Waals surface area (Å²) < 4.78 is 12.8. The number of halogens is 1. The van der Waals surface area contributed by atoms with Gasteiger partial charge in [-0.3, -0.25) is 9.59 Å². The molecule has 7 nitrogen and oxygen atoms in total. The zero-order valence-electron chi connectivity index (χ0n) is 18.7. The van der Waals surface area contributed by atoms with Crippen LogP contribution in [0.1, 0.15) is 13.8 Å². The second-order valence-corrected chi connectivity index (χ2v) is 7.98. The van der Waals surface area contributed by atoms with Gasteiger partial charge in [-0.15, -0.1) is 0 Å². The minimum atomic E-state index is -0.217. The van der Waals surface area contributed by atoms with Gasteiger partial charge in [0.1, 0.15) is 11.6 Å². The Kier molecular flexibility index (Phi) is 7.92. The van der Waals surface area contributed by atoms with E-state index < -0.39 is 0 Å². The number of rotatable bonds is 2. The van der Waals surface area contributed by atoms with Gasteiger partial charge in [0, 0.05) is 77.6 Å². The number of phenolic OH excluding ortho intramolecular Hbond substituents is 1. The molecule has 0 saturated carbocycles. The van der Waals surface area contributed by atoms with Crippen LogP contribution in [0.25, 0.3) is 0 Å². The van der Waals surface area contributed by atoms with Crippen LogP contribution in [0.2, 0.25) is 0 Å². The van der Waals surface area contributed by atoms with Gasteiger partial charge in [0.15, 0.2) is 0 Å². The maximum Gasteiger partial charge on any atom is 0.219 e. The lowest BCUT2D eigenvalue weighted by molar-refractivity contribution is -0.129. The van der Waals surface area contributed by atoms with Crippen molar-refractivity contribution in [2.24, 2.45) is 0 Å². The molecule has 4 rings (SSSR count). The minimum absolute atomic E-state index is 0.124. The molecule has 0 radical (unpaired) electrons. The van der Waals surface area contributed by atoms with Crippen LogP contribution in [0.5, 0.6) is 5.75 Å². The third-order valence-corrected chi connectivity index (χ3v) is 5.86. The van der Waals surface area contributed by atoms with Crippen molar-refractivity contribution in [3.63, 3.8) is 0 Å². The van der Waals surface area contributed by atoms with Gasteiger partial charge in [-0.05, 0) is 48.5 Å². The zero-order valence-corrected chi connectivity index (χ0v) is 18.7. The Hall–Kier alpha value is -3.29. The number of hydrogen-bond acceptors (Lipinski definition) is 5. The first-order valence-corrected chi connectivity index (χ1v) is 10.9. The molecule has 0 spiro atoms. The summed E-state index contributed by atoms with van der Waals surface area (Å²) >= 11 is 0. The van der Waals surface area contributed by atoms with Crippen molar-refractivity contribution < 1.29 is 19.1 Å². The Morgan fingerprint density at radius 3 is 1.34 bits per heavy atom. The Labute approximate surface area is 188 Å². The summed E-state index contributed by atoms with van der Waals surface area (Å²) in [6, 6.07) is 13.7. The van der Waals surface area contributed by atoms with Crippen molar-refractivity contribution in [2.45, 2.75) is 13.8 Å². The molecule has 2 saturated heterocycles. The Bertz CT molecular complexity index is 813. The van der Waals surface area contributed by atoms with Gasteiger partial charge in [0.2, 0.25) is 11.8 Å². The predicted octanol–water partition coefficient (Wildman–Crippen LogP) is 2.55. The van der Waals surface area contributed by atoms with E-state index in [1.807, 2.05) is 21.9 Å². The molecule has 172 valence electrons. The van der Waals surface area contributed by atoms with Crippen molar-refractivity contribution >= 4 is 23.2 Å². The predicted molar refractivity (Wildman–Crippen MR) is 123 cm³/mol. The van der Waals surface area contributed by atoms with Crippen LogP contribution in [-0.4, -0.2) is 79.1 Å². The van der Waals surface area contributed by atoms with Crippen LogP contribution >= 0.6 is 0 Å². The van der Waals surface area contributed by atoms with E-state index in [1.54, 1.807) is 38.1 Å². The second-order valence-electron chi connectivity index (χ2n) is 7.98. The zero-order chi connectivity index (χ0) is 23.1. The van der Waals surface area contributed by atoms with Gasteiger partial charge in [0.05, 0.1) is 0 Å². The number of benzene rings is 2. The largest absolute Gasteiger partial charge is 0.508 e. The number of hydrogen-bond donors (Lipinski definition) is 1. The summed E-state index contributed by atoms with van der Waals surface area (Å²) in [5, 5.41) is 9.20. The van der Waals surface area contributed by atoms with Gasteiger partial charge in [-0.2, -0.15) is 0 Å². The van der Waals surface area contributed by atoms with Crippen molar-refractivity contribution in [1.29, 1.82) is 0 Å². The Morgan fingerprint density at radius 1 is 0.656 bits per heavy atom. The van der Waals surface area contributed by atoms with E-state index in [0.717, 1.165) is 63.7 Å². The standard InChI is InChI=1S/C12H15FN2O.C12H16N2O2/c1-10(16)14-6-8-15(9-7-14)12-4-2-11(13)3-5-12;1-10(15)13-6-8-14(9-7-13)11-2-4-12(16)5-3-11/h2-5H,6-9H2,1H3;2-5,16H,6-9H2,1H3/i13-1;. The van der Waals surface area contributed by atoms with Crippen molar-refractivity contribution in [2.75, 3.05) is 62.2 Å². The first-order chi connectivity index (χ1) is 15.3. The van der Waals surface area contributed by atoms with Crippen molar-refractivity contribution in [1.82, 2.24) is 9.80 Å². The van der Waals surface area contributed by atoms with E-state index in [2.05, 4.69) is 9.80 Å². The highest BCUT2D eigenvalue weighted by molar-refractivity contribution is 5.74. The third-order valence-electron chi connectivity index (χ3n) is 5.86. The quantitative estimate of drug-likeness (QED) is 0.776. The highest BCUT2D eigenvalue weighted by Crippen LogP contribution is 2.20. The van der Waals surface area contributed by atoms with Crippen LogP contribution in [0.3, 0.4) is 0 Å². The van der Waals surface area contributed by atoms with Crippen LogP contribution in [0.15, 0.2) is 48.5 Å². The van der Waals surface area contributed by atoms with Gasteiger partial charge in [0.25, 0.3) is 0 Å². The lowest BCUT2D eigenvalue weighted by Gasteiger charge is -2.35. The van der Waals surface area contributed by atoms with Gasteiger partial charge in [-0.1, -0.05) is 0 Å². The average molecular weight is 442 g/mol. The molecule has 1 N–H and O–H groups in total. The van der Waals surface area contributed by atoms with E-state index in [9.17, 15) is 19.1 Å². The first-order valence-electron chi connectivity index (χ1n) is 10.9. The number of aromatic hydroxyl groups is 1. The molecule has 2 amide bonds. The monoisotopic (exact) mass is 441 g/mol. The van der Waals surface area contributed by atoms with E-state index in [0.29, 0.717) is 0 Å². The SMILES string of the molecule is CC(=O)N1CCN(c2ccc(O)cc2)CC1.CC(=O)N1CCN(c2ccc([18F])cc2)CC1. The summed E-state index contributed by atoms with van der Waals surface area (Å²) in [5.74, 6) is 0.335. The van der Waals surface area contributed by atoms with Crippen LogP contribution < -0.4 is 9.80 Å². The van der Waals surface area contributed by atoms with Crippen molar-refractivity contribution in [3.8, 4) is 5.75 Å². The molecular formula is C24H31FN4O3. The maximum absolute atomic E-state index is 12.8. The second kappa shape index (κ2) is 10.8. The molecule has 2 fully saturated rings. The fourth-order valence-electron chi connectivity index (χ4n) is 3.87. The summed E-state index contributed by atoms with van der Waals surface area (Å²) in [5.41, 5.74) is 2.12. The van der Waals surface area contributed by atoms with E-state index in [-0.39, 0.29) is 23.4 Å². The third kappa shape index (κ3) is 6.35. The molecule has 2 aromatic rings. The molecule has 0 unspecified atom stereocenters. The summed E-state index contributed by atoms with van der Waals surface area (Å²) in [7, 11) is 0. The number of piperazine rings is 2. The molecule has 2 aromatic carbocycles. The van der Waals surface area contributed by atoms with Crippen molar-refractivity contribution in [3.05, 3.63) is 54.3 Å². The van der Waals surface area contributed by atoms with Gasteiger partial charge < -0.3 is 24.7 Å². The number of nitrogens with zero attached hydrogens (tertiary/aromatic N) is 4. The molecule has 8 heteroatoms. The van der Waals surface area contributed by atoms with Gasteiger partial charge in [-0.25, -0.2) is 4.39 Å². The van der Waals surface area contributed by atoms with E-state index in [4.69, 9.17) is 0 Å². The number of phenols is 1. The topological polar surface area (TPSA) is 67.3 Å². The molecular weight excluding hydrogens is 410 g/mol. The lowest BCUT2D eigenvalue weighted by atomic mass is 10.2. The highest BCUT2D eigenvalue weighted by Gasteiger charge is 2.19.